The quantitative estimate of drug-likeness (QED) is 0.439. The molecule has 0 radical (unpaired) electrons. The van der Waals surface area contributed by atoms with Crippen molar-refractivity contribution in [2.75, 3.05) is 20.2 Å². The van der Waals surface area contributed by atoms with Gasteiger partial charge in [-0.3, -0.25) is 9.59 Å². The van der Waals surface area contributed by atoms with Gasteiger partial charge in [-0.1, -0.05) is 42.6 Å². The van der Waals surface area contributed by atoms with Crippen LogP contribution in [0.4, 0.5) is 0 Å². The number of carbonyl (C=O) groups excluding carboxylic acids is 2. The third-order valence-corrected chi connectivity index (χ3v) is 8.53. The lowest BCUT2D eigenvalue weighted by molar-refractivity contribution is -0.135. The van der Waals surface area contributed by atoms with Crippen molar-refractivity contribution in [2.45, 2.75) is 43.4 Å². The Hall–Kier alpha value is -1.96. The number of nitrogens with one attached hydrogen (secondary N) is 1. The van der Waals surface area contributed by atoms with Gasteiger partial charge >= 0.3 is 0 Å². The molecule has 0 bridgehead atoms. The Kier molecular flexibility index (Phi) is 8.61. The number of rotatable bonds is 7. The van der Waals surface area contributed by atoms with Gasteiger partial charge in [-0.25, -0.2) is 0 Å². The fourth-order valence-corrected chi connectivity index (χ4v) is 6.65. The molecule has 1 saturated carbocycles. The lowest BCUT2D eigenvalue weighted by atomic mass is 9.93. The molecule has 2 fully saturated rings. The Morgan fingerprint density at radius 3 is 2.74 bits per heavy atom. The molecule has 180 valence electrons. The van der Waals surface area contributed by atoms with Crippen molar-refractivity contribution in [2.24, 2.45) is 0 Å². The van der Waals surface area contributed by atoms with Crippen molar-refractivity contribution in [3.8, 4) is 5.75 Å². The molecule has 1 aliphatic heterocycles. The lowest BCUT2D eigenvalue weighted by Crippen LogP contribution is -2.54. The average Bonchev–Trinajstić information content (AvgIpc) is 2.83. The highest BCUT2D eigenvalue weighted by molar-refractivity contribution is 9.10. The fraction of sp³-hybridized carbons (Fsp3) is 0.385. The smallest absolute Gasteiger partial charge is 0.261 e. The van der Waals surface area contributed by atoms with Crippen LogP contribution >= 0.6 is 39.3 Å². The van der Waals surface area contributed by atoms with Crippen LogP contribution in [-0.2, 0) is 16.0 Å². The molecule has 2 aromatic rings. The van der Waals surface area contributed by atoms with Crippen LogP contribution in [0.25, 0.3) is 6.08 Å². The third-order valence-electron chi connectivity index (χ3n) is 6.25. The highest BCUT2D eigenvalue weighted by atomic mass is 79.9. The first-order valence-corrected chi connectivity index (χ1v) is 13.5. The molecule has 0 aromatic heterocycles. The fourth-order valence-electron chi connectivity index (χ4n) is 4.49. The molecule has 5 nitrogen and oxygen atoms in total. The second kappa shape index (κ2) is 11.6. The summed E-state index contributed by atoms with van der Waals surface area (Å²) in [6.07, 6.45) is 6.90. The molecular weight excluding hydrogens is 536 g/mol. The monoisotopic (exact) mass is 562 g/mol. The van der Waals surface area contributed by atoms with Crippen LogP contribution in [0.15, 0.2) is 51.8 Å². The molecule has 4 rings (SSSR count). The second-order valence-electron chi connectivity index (χ2n) is 8.57. The Morgan fingerprint density at radius 1 is 1.24 bits per heavy atom. The van der Waals surface area contributed by atoms with Crippen LogP contribution in [0.3, 0.4) is 0 Å². The molecule has 2 aromatic carbocycles. The van der Waals surface area contributed by atoms with E-state index in [0.717, 1.165) is 53.5 Å². The van der Waals surface area contributed by atoms with Gasteiger partial charge < -0.3 is 15.0 Å². The number of thioether (sulfide) groups is 1. The molecule has 8 heteroatoms. The number of hydrogen-bond donors (Lipinski definition) is 1. The molecule has 2 atom stereocenters. The zero-order valence-electron chi connectivity index (χ0n) is 19.1. The van der Waals surface area contributed by atoms with Gasteiger partial charge in [0.15, 0.2) is 0 Å². The van der Waals surface area contributed by atoms with Gasteiger partial charge in [0, 0.05) is 22.9 Å². The summed E-state index contributed by atoms with van der Waals surface area (Å²) in [7, 11) is 1.63. The number of amides is 2. The Morgan fingerprint density at radius 2 is 2.00 bits per heavy atom. The second-order valence-corrected chi connectivity index (χ2v) is 11.1. The van der Waals surface area contributed by atoms with E-state index in [-0.39, 0.29) is 24.4 Å². The number of fused-ring (bicyclic) bond motifs is 1. The van der Waals surface area contributed by atoms with Crippen LogP contribution in [0.1, 0.15) is 36.8 Å². The first-order valence-electron chi connectivity index (χ1n) is 11.5. The van der Waals surface area contributed by atoms with E-state index in [1.54, 1.807) is 23.8 Å². The highest BCUT2D eigenvalue weighted by Gasteiger charge is 2.41. The van der Waals surface area contributed by atoms with Gasteiger partial charge in [-0.15, -0.1) is 11.8 Å². The van der Waals surface area contributed by atoms with E-state index < -0.39 is 0 Å². The normalized spacial score (nSPS) is 21.3. The van der Waals surface area contributed by atoms with E-state index in [9.17, 15) is 9.59 Å². The number of hydrogen-bond acceptors (Lipinski definition) is 4. The summed E-state index contributed by atoms with van der Waals surface area (Å²) in [6.45, 7) is 0.610. The predicted octanol–water partition coefficient (Wildman–Crippen LogP) is 5.70. The van der Waals surface area contributed by atoms with Crippen molar-refractivity contribution >= 4 is 57.2 Å². The number of halogens is 2. The van der Waals surface area contributed by atoms with Gasteiger partial charge in [0.25, 0.3) is 5.91 Å². The predicted molar refractivity (Wildman–Crippen MR) is 142 cm³/mol. The van der Waals surface area contributed by atoms with Crippen LogP contribution in [0, 0.1) is 0 Å². The lowest BCUT2D eigenvalue weighted by Gasteiger charge is -2.43. The number of carbonyl (C=O) groups is 2. The molecular formula is C26H28BrClN2O3S. The third kappa shape index (κ3) is 6.18. The average molecular weight is 564 g/mol. The molecule has 2 unspecified atom stereocenters. The van der Waals surface area contributed by atoms with E-state index in [1.807, 2.05) is 48.5 Å². The Bertz CT molecular complexity index is 1080. The van der Waals surface area contributed by atoms with Gasteiger partial charge in [0.1, 0.15) is 12.3 Å². The van der Waals surface area contributed by atoms with E-state index in [0.29, 0.717) is 21.7 Å². The maximum atomic E-state index is 13.5. The van der Waals surface area contributed by atoms with Crippen LogP contribution < -0.4 is 10.1 Å². The number of ether oxygens (including phenoxy) is 1. The largest absolute Gasteiger partial charge is 0.496 e. The van der Waals surface area contributed by atoms with Gasteiger partial charge in [-0.2, -0.15) is 0 Å². The summed E-state index contributed by atoms with van der Waals surface area (Å²) in [6, 6.07) is 13.5. The maximum absolute atomic E-state index is 13.5. The first-order chi connectivity index (χ1) is 16.4. The van der Waals surface area contributed by atoms with Crippen LogP contribution in [0.2, 0.25) is 5.02 Å². The van der Waals surface area contributed by atoms with Crippen molar-refractivity contribution in [3.05, 3.63) is 68.0 Å². The van der Waals surface area contributed by atoms with Crippen molar-refractivity contribution in [3.63, 3.8) is 0 Å². The van der Waals surface area contributed by atoms with Crippen molar-refractivity contribution in [1.82, 2.24) is 10.2 Å². The molecule has 1 heterocycles. The van der Waals surface area contributed by atoms with E-state index >= 15 is 0 Å². The number of nitrogens with zero attached hydrogens (tertiary/aromatic N) is 1. The molecule has 1 aliphatic carbocycles. The van der Waals surface area contributed by atoms with Crippen LogP contribution in [0.5, 0.6) is 5.75 Å². The topological polar surface area (TPSA) is 58.6 Å². The van der Waals surface area contributed by atoms with Crippen LogP contribution in [-0.4, -0.2) is 48.2 Å². The molecule has 2 aliphatic rings. The van der Waals surface area contributed by atoms with Crippen molar-refractivity contribution < 1.29 is 14.3 Å². The Balaban J connectivity index is 1.44. The summed E-state index contributed by atoms with van der Waals surface area (Å²) in [5, 5.41) is 4.00. The maximum Gasteiger partial charge on any atom is 0.261 e. The van der Waals surface area contributed by atoms with E-state index in [4.69, 9.17) is 16.3 Å². The number of methoxy groups -OCH3 is 1. The number of benzene rings is 2. The zero-order valence-corrected chi connectivity index (χ0v) is 22.2. The standard InChI is InChI=1S/C26H28BrClN2O3S/c1-33-22-11-8-18(14-20(22)27)15-24-26(32)30(21-4-2-3-5-23(21)34-24)16-25(31)29-13-12-17-6-9-19(28)10-7-17/h6-11,14-15,21,23H,2-5,12-13,16H2,1H3,(H,29,31)/b24-15+. The summed E-state index contributed by atoms with van der Waals surface area (Å²) in [5.74, 6) is 0.562. The molecule has 0 spiro atoms. The molecule has 1 saturated heterocycles. The summed E-state index contributed by atoms with van der Waals surface area (Å²) >= 11 is 11.1. The van der Waals surface area contributed by atoms with Gasteiger partial charge in [-0.05, 0) is 76.7 Å². The molecule has 34 heavy (non-hydrogen) atoms. The Labute approximate surface area is 218 Å². The zero-order chi connectivity index (χ0) is 24.1. The minimum absolute atomic E-state index is 0.0621. The summed E-state index contributed by atoms with van der Waals surface area (Å²) in [5.41, 5.74) is 2.03. The first kappa shape index (κ1) is 25.1. The van der Waals surface area contributed by atoms with E-state index in [2.05, 4.69) is 21.2 Å². The molecule has 2 amide bonds. The van der Waals surface area contributed by atoms with Gasteiger partial charge in [0.05, 0.1) is 16.5 Å². The summed E-state index contributed by atoms with van der Waals surface area (Å²) in [4.78, 5) is 28.7. The summed E-state index contributed by atoms with van der Waals surface area (Å²) < 4.78 is 6.15. The van der Waals surface area contributed by atoms with Crippen molar-refractivity contribution in [1.29, 1.82) is 0 Å². The van der Waals surface area contributed by atoms with E-state index in [1.165, 1.54) is 0 Å². The highest BCUT2D eigenvalue weighted by Crippen LogP contribution is 2.42. The minimum Gasteiger partial charge on any atom is -0.496 e. The molecule has 1 N–H and O–H groups in total. The SMILES string of the molecule is COc1ccc(/C=C2/SC3CCCCC3N(CC(=O)NCCc3ccc(Cl)cc3)C2=O)cc1Br. The minimum atomic E-state index is -0.120. The van der Waals surface area contributed by atoms with Gasteiger partial charge in [0.2, 0.25) is 5.91 Å².